The van der Waals surface area contributed by atoms with E-state index >= 15 is 0 Å². The molecule has 0 spiro atoms. The van der Waals surface area contributed by atoms with Crippen molar-refractivity contribution in [3.63, 3.8) is 0 Å². The van der Waals surface area contributed by atoms with Crippen LogP contribution < -0.4 is 10.2 Å². The van der Waals surface area contributed by atoms with Gasteiger partial charge in [-0.15, -0.1) is 0 Å². The first-order chi connectivity index (χ1) is 13.4. The zero-order chi connectivity index (χ0) is 18.3. The highest BCUT2D eigenvalue weighted by Gasteiger charge is 2.14. The molecular formula is C22H24N4O. The van der Waals surface area contributed by atoms with E-state index in [0.29, 0.717) is 0 Å². The highest BCUT2D eigenvalue weighted by molar-refractivity contribution is 5.55. The van der Waals surface area contributed by atoms with E-state index in [0.717, 1.165) is 50.9 Å². The Balaban J connectivity index is 1.44. The molecule has 5 heteroatoms. The van der Waals surface area contributed by atoms with Crippen LogP contribution in [0.5, 0.6) is 0 Å². The highest BCUT2D eigenvalue weighted by Crippen LogP contribution is 2.22. The first kappa shape index (κ1) is 17.5. The minimum absolute atomic E-state index is 0.731. The van der Waals surface area contributed by atoms with Gasteiger partial charge in [0.05, 0.1) is 13.2 Å². The third-order valence-corrected chi connectivity index (χ3v) is 4.71. The Kier molecular flexibility index (Phi) is 5.60. The summed E-state index contributed by atoms with van der Waals surface area (Å²) in [6, 6.07) is 20.8. The summed E-state index contributed by atoms with van der Waals surface area (Å²) in [7, 11) is 0. The molecule has 1 aliphatic heterocycles. The SMILES string of the molecule is c1ccc(Cc2nccc(NCc3ccccc3N3CCOCC3)n2)cc1. The minimum atomic E-state index is 0.731. The summed E-state index contributed by atoms with van der Waals surface area (Å²) < 4.78 is 5.48. The van der Waals surface area contributed by atoms with Crippen LogP contribution in [0.4, 0.5) is 11.5 Å². The highest BCUT2D eigenvalue weighted by atomic mass is 16.5. The Labute approximate surface area is 160 Å². The molecule has 0 amide bonds. The number of aromatic nitrogens is 2. The van der Waals surface area contributed by atoms with Gasteiger partial charge in [-0.3, -0.25) is 0 Å². The van der Waals surface area contributed by atoms with Crippen molar-refractivity contribution >= 4 is 11.5 Å². The Morgan fingerprint density at radius 1 is 0.926 bits per heavy atom. The van der Waals surface area contributed by atoms with E-state index in [-0.39, 0.29) is 0 Å². The van der Waals surface area contributed by atoms with Gasteiger partial charge >= 0.3 is 0 Å². The molecule has 0 atom stereocenters. The predicted octanol–water partition coefficient (Wildman–Crippen LogP) is 3.52. The zero-order valence-electron chi connectivity index (χ0n) is 15.3. The van der Waals surface area contributed by atoms with Crippen LogP contribution in [0.2, 0.25) is 0 Å². The summed E-state index contributed by atoms with van der Waals surface area (Å²) in [4.78, 5) is 11.5. The Morgan fingerprint density at radius 2 is 1.70 bits per heavy atom. The molecule has 5 nitrogen and oxygen atoms in total. The molecule has 0 aliphatic carbocycles. The summed E-state index contributed by atoms with van der Waals surface area (Å²) in [6.07, 6.45) is 2.56. The van der Waals surface area contributed by atoms with Gasteiger partial charge in [0.15, 0.2) is 0 Å². The van der Waals surface area contributed by atoms with Crippen LogP contribution in [0.1, 0.15) is 17.0 Å². The smallest absolute Gasteiger partial charge is 0.135 e. The van der Waals surface area contributed by atoms with E-state index in [2.05, 4.69) is 56.6 Å². The predicted molar refractivity (Wildman–Crippen MR) is 108 cm³/mol. The normalized spacial score (nSPS) is 14.1. The molecule has 2 heterocycles. The molecule has 1 aromatic heterocycles. The fraction of sp³-hybridized carbons (Fsp3) is 0.273. The van der Waals surface area contributed by atoms with Crippen molar-refractivity contribution in [3.8, 4) is 0 Å². The van der Waals surface area contributed by atoms with Crippen LogP contribution >= 0.6 is 0 Å². The fourth-order valence-electron chi connectivity index (χ4n) is 3.32. The average Bonchev–Trinajstić information content (AvgIpc) is 2.74. The van der Waals surface area contributed by atoms with Crippen LogP contribution in [0.15, 0.2) is 66.9 Å². The quantitative estimate of drug-likeness (QED) is 0.729. The third kappa shape index (κ3) is 4.63. The second-order valence-electron chi connectivity index (χ2n) is 6.60. The van der Waals surface area contributed by atoms with Crippen LogP contribution in [0.3, 0.4) is 0 Å². The van der Waals surface area contributed by atoms with Gasteiger partial charge in [0.25, 0.3) is 0 Å². The summed E-state index contributed by atoms with van der Waals surface area (Å²) in [5.74, 6) is 1.68. The molecule has 1 fully saturated rings. The number of hydrogen-bond donors (Lipinski definition) is 1. The lowest BCUT2D eigenvalue weighted by molar-refractivity contribution is 0.122. The van der Waals surface area contributed by atoms with E-state index in [4.69, 9.17) is 4.74 Å². The number of morpholine rings is 1. The molecule has 2 aromatic carbocycles. The second kappa shape index (κ2) is 8.64. The fourth-order valence-corrected chi connectivity index (χ4v) is 3.32. The van der Waals surface area contributed by atoms with Gasteiger partial charge in [-0.1, -0.05) is 48.5 Å². The summed E-state index contributed by atoms with van der Waals surface area (Å²) in [5, 5.41) is 3.46. The maximum absolute atomic E-state index is 5.48. The first-order valence-electron chi connectivity index (χ1n) is 9.39. The molecule has 1 saturated heterocycles. The van der Waals surface area contributed by atoms with E-state index in [1.54, 1.807) is 0 Å². The van der Waals surface area contributed by atoms with Crippen LogP contribution in [0, 0.1) is 0 Å². The molecule has 27 heavy (non-hydrogen) atoms. The zero-order valence-corrected chi connectivity index (χ0v) is 15.3. The van der Waals surface area contributed by atoms with Gasteiger partial charge < -0.3 is 15.0 Å². The molecule has 0 saturated carbocycles. The van der Waals surface area contributed by atoms with Gasteiger partial charge in [-0.05, 0) is 23.3 Å². The van der Waals surface area contributed by atoms with Crippen molar-refractivity contribution in [2.24, 2.45) is 0 Å². The monoisotopic (exact) mass is 360 g/mol. The maximum Gasteiger partial charge on any atom is 0.135 e. The van der Waals surface area contributed by atoms with Gasteiger partial charge in [0.1, 0.15) is 11.6 Å². The maximum atomic E-state index is 5.48. The molecule has 1 N–H and O–H groups in total. The Morgan fingerprint density at radius 3 is 2.56 bits per heavy atom. The molecule has 138 valence electrons. The number of anilines is 2. The Bertz CT molecular complexity index is 863. The number of benzene rings is 2. The topological polar surface area (TPSA) is 50.3 Å². The molecule has 0 unspecified atom stereocenters. The molecular weight excluding hydrogens is 336 g/mol. The van der Waals surface area contributed by atoms with Gasteiger partial charge in [0, 0.05) is 37.9 Å². The molecule has 3 aromatic rings. The molecule has 0 radical (unpaired) electrons. The van der Waals surface area contributed by atoms with Crippen LogP contribution in [-0.4, -0.2) is 36.3 Å². The van der Waals surface area contributed by atoms with Crippen molar-refractivity contribution < 1.29 is 4.74 Å². The van der Waals surface area contributed by atoms with Gasteiger partial charge in [-0.2, -0.15) is 0 Å². The lowest BCUT2D eigenvalue weighted by atomic mass is 10.1. The average molecular weight is 360 g/mol. The molecule has 0 bridgehead atoms. The van der Waals surface area contributed by atoms with Crippen molar-refractivity contribution in [2.45, 2.75) is 13.0 Å². The lowest BCUT2D eigenvalue weighted by Gasteiger charge is -2.30. The van der Waals surface area contributed by atoms with Gasteiger partial charge in [-0.25, -0.2) is 9.97 Å². The van der Waals surface area contributed by atoms with E-state index < -0.39 is 0 Å². The summed E-state index contributed by atoms with van der Waals surface area (Å²) in [5.41, 5.74) is 3.75. The van der Waals surface area contributed by atoms with E-state index in [9.17, 15) is 0 Å². The third-order valence-electron chi connectivity index (χ3n) is 4.71. The van der Waals surface area contributed by atoms with Crippen LogP contribution in [-0.2, 0) is 17.7 Å². The lowest BCUT2D eigenvalue weighted by Crippen LogP contribution is -2.36. The Hall–Kier alpha value is -2.92. The van der Waals surface area contributed by atoms with Crippen molar-refractivity contribution in [2.75, 3.05) is 36.5 Å². The number of nitrogens with one attached hydrogen (secondary N) is 1. The summed E-state index contributed by atoms with van der Waals surface area (Å²) in [6.45, 7) is 4.18. The number of ether oxygens (including phenoxy) is 1. The number of para-hydroxylation sites is 1. The second-order valence-corrected chi connectivity index (χ2v) is 6.60. The van der Waals surface area contributed by atoms with E-state index in [1.165, 1.54) is 16.8 Å². The summed E-state index contributed by atoms with van der Waals surface area (Å²) >= 11 is 0. The van der Waals surface area contributed by atoms with Crippen molar-refractivity contribution in [3.05, 3.63) is 83.8 Å². The number of rotatable bonds is 6. The van der Waals surface area contributed by atoms with Crippen LogP contribution in [0.25, 0.3) is 0 Å². The standard InChI is InChI=1S/C22H24N4O/c1-2-6-18(7-3-1)16-22-23-11-10-21(25-22)24-17-19-8-4-5-9-20(19)26-12-14-27-15-13-26/h1-11H,12-17H2,(H,23,24,25). The number of nitrogens with zero attached hydrogens (tertiary/aromatic N) is 3. The van der Waals surface area contributed by atoms with Gasteiger partial charge in [0.2, 0.25) is 0 Å². The largest absolute Gasteiger partial charge is 0.378 e. The minimum Gasteiger partial charge on any atom is -0.378 e. The van der Waals surface area contributed by atoms with Crippen molar-refractivity contribution in [1.29, 1.82) is 0 Å². The van der Waals surface area contributed by atoms with Crippen molar-refractivity contribution in [1.82, 2.24) is 9.97 Å². The number of hydrogen-bond acceptors (Lipinski definition) is 5. The molecule has 1 aliphatic rings. The first-order valence-corrected chi connectivity index (χ1v) is 9.39. The van der Waals surface area contributed by atoms with E-state index in [1.807, 2.05) is 30.5 Å². The molecule has 4 rings (SSSR count).